The van der Waals surface area contributed by atoms with Crippen LogP contribution < -0.4 is 25.6 Å². The SMILES string of the molecule is CC1(C)c2ccccc2C2(c3ccccc3N(c3cc(-c4ccccc4)c4c(c3)[Si]3(c5ccccc5-c5ccccc53)c3ccccc3-4)c3ccccc32)c2ccccc21. The lowest BCUT2D eigenvalue weighted by Crippen LogP contribution is -2.70. The summed E-state index contributed by atoms with van der Waals surface area (Å²) < 4.78 is 0. The van der Waals surface area contributed by atoms with Gasteiger partial charge in [-0.2, -0.15) is 0 Å². The van der Waals surface area contributed by atoms with Crippen LogP contribution in [0.3, 0.4) is 0 Å². The largest absolute Gasteiger partial charge is 0.310 e. The molecule has 0 N–H and O–H groups in total. The first-order valence-corrected chi connectivity index (χ1v) is 23.3. The molecule has 282 valence electrons. The molecule has 0 saturated heterocycles. The second kappa shape index (κ2) is 12.0. The molecule has 0 amide bonds. The van der Waals surface area contributed by atoms with Crippen LogP contribution in [0.4, 0.5) is 17.1 Å². The minimum Gasteiger partial charge on any atom is -0.310 e. The third kappa shape index (κ3) is 4.02. The van der Waals surface area contributed by atoms with Crippen molar-refractivity contribution in [3.05, 3.63) is 246 Å². The summed E-state index contributed by atoms with van der Waals surface area (Å²) >= 11 is 0. The van der Waals surface area contributed by atoms with Gasteiger partial charge in [0.25, 0.3) is 0 Å². The molecule has 0 fully saturated rings. The van der Waals surface area contributed by atoms with E-state index in [4.69, 9.17) is 0 Å². The summed E-state index contributed by atoms with van der Waals surface area (Å²) in [5, 5.41) is 5.95. The Kier molecular flexibility index (Phi) is 6.80. The van der Waals surface area contributed by atoms with Gasteiger partial charge in [-0.3, -0.25) is 0 Å². The zero-order valence-electron chi connectivity index (χ0n) is 33.7. The number of nitrogens with zero attached hydrogens (tertiary/aromatic N) is 1. The topological polar surface area (TPSA) is 3.24 Å². The Morgan fingerprint density at radius 3 is 1.32 bits per heavy atom. The van der Waals surface area contributed by atoms with Crippen LogP contribution in [0.15, 0.2) is 212 Å². The summed E-state index contributed by atoms with van der Waals surface area (Å²) in [4.78, 5) is 2.60. The third-order valence-electron chi connectivity index (χ3n) is 14.5. The Bertz CT molecular complexity index is 3120. The van der Waals surface area contributed by atoms with Gasteiger partial charge in [-0.05, 0) is 112 Å². The predicted molar refractivity (Wildman–Crippen MR) is 252 cm³/mol. The Balaban J connectivity index is 1.17. The average Bonchev–Trinajstić information content (AvgIpc) is 3.78. The second-order valence-corrected chi connectivity index (χ2v) is 21.2. The molecule has 9 aromatic carbocycles. The first-order valence-electron chi connectivity index (χ1n) is 21.3. The van der Waals surface area contributed by atoms with E-state index in [1.165, 1.54) is 105 Å². The number of hydrogen-bond acceptors (Lipinski definition) is 1. The highest BCUT2D eigenvalue weighted by molar-refractivity contribution is 7.24. The van der Waals surface area contributed by atoms with Crippen molar-refractivity contribution in [3.8, 4) is 33.4 Å². The molecule has 0 bridgehead atoms. The van der Waals surface area contributed by atoms with Gasteiger partial charge in [0, 0.05) is 11.1 Å². The lowest BCUT2D eigenvalue weighted by molar-refractivity contribution is 0.556. The molecule has 1 aliphatic carbocycles. The van der Waals surface area contributed by atoms with Crippen molar-refractivity contribution >= 4 is 45.9 Å². The van der Waals surface area contributed by atoms with Crippen LogP contribution in [0, 0.1) is 0 Å². The Morgan fingerprint density at radius 2 is 0.767 bits per heavy atom. The van der Waals surface area contributed by atoms with E-state index in [1.54, 1.807) is 0 Å². The van der Waals surface area contributed by atoms with Crippen LogP contribution in [0.1, 0.15) is 47.2 Å². The molecule has 3 heterocycles. The Labute approximate surface area is 352 Å². The average molecular weight is 780 g/mol. The third-order valence-corrected chi connectivity index (χ3v) is 19.5. The molecule has 2 spiro atoms. The summed E-state index contributed by atoms with van der Waals surface area (Å²) in [5.41, 5.74) is 19.1. The molecule has 0 radical (unpaired) electrons. The quantitative estimate of drug-likeness (QED) is 0.158. The molecular formula is C58H41NSi. The van der Waals surface area contributed by atoms with Gasteiger partial charge in [0.2, 0.25) is 0 Å². The van der Waals surface area contributed by atoms with Crippen LogP contribution in [-0.4, -0.2) is 8.07 Å². The molecular weight excluding hydrogens is 739 g/mol. The molecule has 1 nitrogen and oxygen atoms in total. The van der Waals surface area contributed by atoms with Crippen molar-refractivity contribution in [2.45, 2.75) is 24.7 Å². The van der Waals surface area contributed by atoms with E-state index in [0.29, 0.717) is 0 Å². The van der Waals surface area contributed by atoms with Gasteiger partial charge in [-0.25, -0.2) is 0 Å². The molecule has 13 rings (SSSR count). The lowest BCUT2D eigenvalue weighted by Gasteiger charge is -2.52. The van der Waals surface area contributed by atoms with Crippen LogP contribution in [-0.2, 0) is 10.8 Å². The molecule has 4 aliphatic rings. The summed E-state index contributed by atoms with van der Waals surface area (Å²) in [6.45, 7) is 4.80. The van der Waals surface area contributed by atoms with Crippen LogP contribution >= 0.6 is 0 Å². The summed E-state index contributed by atoms with van der Waals surface area (Å²) in [5.74, 6) is 0. The van der Waals surface area contributed by atoms with E-state index >= 15 is 0 Å². The fourth-order valence-electron chi connectivity index (χ4n) is 12.3. The number of fused-ring (bicyclic) bond motifs is 18. The van der Waals surface area contributed by atoms with Crippen molar-refractivity contribution in [2.24, 2.45) is 0 Å². The lowest BCUT2D eigenvalue weighted by atomic mass is 9.53. The van der Waals surface area contributed by atoms with E-state index in [0.717, 1.165) is 0 Å². The molecule has 9 aromatic rings. The van der Waals surface area contributed by atoms with Crippen molar-refractivity contribution in [2.75, 3.05) is 4.90 Å². The maximum absolute atomic E-state index is 2.77. The van der Waals surface area contributed by atoms with Gasteiger partial charge in [0.1, 0.15) is 0 Å². The monoisotopic (exact) mass is 779 g/mol. The zero-order valence-corrected chi connectivity index (χ0v) is 34.7. The number of hydrogen-bond donors (Lipinski definition) is 0. The van der Waals surface area contributed by atoms with E-state index in [-0.39, 0.29) is 5.41 Å². The van der Waals surface area contributed by atoms with E-state index in [9.17, 15) is 0 Å². The first kappa shape index (κ1) is 33.9. The molecule has 60 heavy (non-hydrogen) atoms. The number of para-hydroxylation sites is 2. The summed E-state index contributed by atoms with van der Waals surface area (Å²) in [7, 11) is -2.77. The van der Waals surface area contributed by atoms with E-state index in [1.807, 2.05) is 0 Å². The molecule has 0 atom stereocenters. The molecule has 2 heteroatoms. The predicted octanol–water partition coefficient (Wildman–Crippen LogP) is 11.5. The van der Waals surface area contributed by atoms with Crippen molar-refractivity contribution in [3.63, 3.8) is 0 Å². The second-order valence-electron chi connectivity index (χ2n) is 17.5. The van der Waals surface area contributed by atoms with E-state index < -0.39 is 13.5 Å². The smallest absolute Gasteiger partial charge is 0.182 e. The van der Waals surface area contributed by atoms with Gasteiger partial charge in [0.05, 0.1) is 16.8 Å². The van der Waals surface area contributed by atoms with Crippen LogP contribution in [0.25, 0.3) is 33.4 Å². The van der Waals surface area contributed by atoms with Gasteiger partial charge in [0.15, 0.2) is 8.07 Å². The maximum atomic E-state index is 2.62. The molecule has 0 aromatic heterocycles. The van der Waals surface area contributed by atoms with Gasteiger partial charge in [-0.15, -0.1) is 0 Å². The van der Waals surface area contributed by atoms with Crippen molar-refractivity contribution in [1.29, 1.82) is 0 Å². The van der Waals surface area contributed by atoms with Crippen LogP contribution in [0.5, 0.6) is 0 Å². The number of rotatable bonds is 2. The minimum atomic E-state index is -2.77. The molecule has 3 aliphatic heterocycles. The van der Waals surface area contributed by atoms with Crippen LogP contribution in [0.2, 0.25) is 0 Å². The normalized spacial score (nSPS) is 15.9. The van der Waals surface area contributed by atoms with Gasteiger partial charge < -0.3 is 4.90 Å². The van der Waals surface area contributed by atoms with Crippen molar-refractivity contribution in [1.82, 2.24) is 0 Å². The molecule has 0 saturated carbocycles. The Morgan fingerprint density at radius 1 is 0.350 bits per heavy atom. The summed E-state index contributed by atoms with van der Waals surface area (Å²) in [6, 6.07) is 81.2. The molecule has 0 unspecified atom stereocenters. The Hall–Kier alpha value is -7.00. The van der Waals surface area contributed by atoms with Crippen molar-refractivity contribution < 1.29 is 0 Å². The fourth-order valence-corrected chi connectivity index (χ4v) is 17.9. The highest BCUT2D eigenvalue weighted by atomic mass is 28.3. The highest BCUT2D eigenvalue weighted by Crippen LogP contribution is 2.63. The summed E-state index contributed by atoms with van der Waals surface area (Å²) in [6.07, 6.45) is 0. The zero-order chi connectivity index (χ0) is 39.8. The van der Waals surface area contributed by atoms with Gasteiger partial charge in [-0.1, -0.05) is 202 Å². The van der Waals surface area contributed by atoms with Gasteiger partial charge >= 0.3 is 0 Å². The standard InChI is InChI=1S/C58H41NSi/c1-57(2)44-25-9-11-27-46(44)58(47-28-12-10-26-45(47)57)48-29-13-15-31-50(48)59(51-32-16-14-30-49(51)58)39-36-43(38-20-4-3-5-21-38)56-42-24-8-19-35-54(42)60(55(56)37-39)52-33-17-6-22-40(52)41-23-7-18-34-53(41)60/h3-37H,1-2H3. The number of benzene rings is 9. The first-order chi connectivity index (χ1) is 29.6. The minimum absolute atomic E-state index is 0.161. The number of anilines is 3. The fraction of sp³-hybridized carbons (Fsp3) is 0.0690. The van der Waals surface area contributed by atoms with E-state index in [2.05, 4.69) is 231 Å². The maximum Gasteiger partial charge on any atom is 0.182 e. The highest BCUT2D eigenvalue weighted by Gasteiger charge is 2.56.